The first-order valence-electron chi connectivity index (χ1n) is 7.31. The van der Waals surface area contributed by atoms with Crippen molar-refractivity contribution in [1.82, 2.24) is 9.55 Å². The lowest BCUT2D eigenvalue weighted by molar-refractivity contribution is 0.382. The van der Waals surface area contributed by atoms with E-state index >= 15 is 0 Å². The maximum absolute atomic E-state index is 12.5. The van der Waals surface area contributed by atoms with Crippen LogP contribution in [0, 0.1) is 11.8 Å². The third-order valence-electron chi connectivity index (χ3n) is 4.13. The van der Waals surface area contributed by atoms with Crippen molar-refractivity contribution >= 4 is 5.82 Å². The molecule has 1 aromatic rings. The van der Waals surface area contributed by atoms with Crippen molar-refractivity contribution in [2.24, 2.45) is 11.8 Å². The van der Waals surface area contributed by atoms with Crippen LogP contribution >= 0.6 is 0 Å². The van der Waals surface area contributed by atoms with E-state index in [0.29, 0.717) is 11.9 Å². The lowest BCUT2D eigenvalue weighted by atomic mass is 10.1. The first kappa shape index (κ1) is 12.7. The topological polar surface area (TPSA) is 46.9 Å². The van der Waals surface area contributed by atoms with Gasteiger partial charge in [0, 0.05) is 24.0 Å². The van der Waals surface area contributed by atoms with E-state index in [1.807, 2.05) is 20.8 Å². The highest BCUT2D eigenvalue weighted by Crippen LogP contribution is 2.45. The zero-order valence-corrected chi connectivity index (χ0v) is 12.0. The van der Waals surface area contributed by atoms with Crippen LogP contribution in [0.1, 0.15) is 46.5 Å². The zero-order valence-electron chi connectivity index (χ0n) is 12.0. The van der Waals surface area contributed by atoms with Crippen molar-refractivity contribution in [2.45, 2.75) is 58.0 Å². The van der Waals surface area contributed by atoms with Crippen molar-refractivity contribution in [3.63, 3.8) is 0 Å². The van der Waals surface area contributed by atoms with E-state index in [2.05, 4.69) is 10.3 Å². The largest absolute Gasteiger partial charge is 0.362 e. The van der Waals surface area contributed by atoms with Crippen molar-refractivity contribution in [1.29, 1.82) is 0 Å². The monoisotopic (exact) mass is 261 g/mol. The van der Waals surface area contributed by atoms with Crippen LogP contribution in [0.2, 0.25) is 0 Å². The lowest BCUT2D eigenvalue weighted by Gasteiger charge is -2.24. The van der Waals surface area contributed by atoms with Gasteiger partial charge in [0.05, 0.1) is 0 Å². The molecule has 3 rings (SSSR count). The Hall–Kier alpha value is -1.32. The molecule has 0 unspecified atom stereocenters. The number of hydrogen-bond donors (Lipinski definition) is 1. The summed E-state index contributed by atoms with van der Waals surface area (Å²) in [5.41, 5.74) is -0.202. The van der Waals surface area contributed by atoms with Gasteiger partial charge < -0.3 is 9.88 Å². The molecule has 0 radical (unpaired) electrons. The summed E-state index contributed by atoms with van der Waals surface area (Å²) >= 11 is 0. The molecule has 2 fully saturated rings. The van der Waals surface area contributed by atoms with Crippen LogP contribution in [0.3, 0.4) is 0 Å². The van der Waals surface area contributed by atoms with Gasteiger partial charge in [-0.15, -0.1) is 0 Å². The Morgan fingerprint density at radius 1 is 1.26 bits per heavy atom. The first-order chi connectivity index (χ1) is 8.97. The molecule has 4 heteroatoms. The van der Waals surface area contributed by atoms with Crippen LogP contribution in [0.4, 0.5) is 5.82 Å². The van der Waals surface area contributed by atoms with Crippen LogP contribution in [0.5, 0.6) is 0 Å². The van der Waals surface area contributed by atoms with E-state index < -0.39 is 0 Å². The third kappa shape index (κ3) is 2.67. The predicted molar refractivity (Wildman–Crippen MR) is 76.4 cm³/mol. The molecule has 0 spiro atoms. The van der Waals surface area contributed by atoms with E-state index in [1.54, 1.807) is 17.0 Å². The molecule has 2 aliphatic rings. The second-order valence-corrected chi connectivity index (χ2v) is 6.97. The van der Waals surface area contributed by atoms with Crippen molar-refractivity contribution in [3.8, 4) is 0 Å². The Bertz CT molecular complexity index is 509. The summed E-state index contributed by atoms with van der Waals surface area (Å²) in [6, 6.07) is 0.469. The summed E-state index contributed by atoms with van der Waals surface area (Å²) in [5, 5.41) is 3.44. The lowest BCUT2D eigenvalue weighted by Crippen LogP contribution is -2.37. The normalized spacial score (nSPS) is 19.8. The highest BCUT2D eigenvalue weighted by Gasteiger charge is 2.42. The second kappa shape index (κ2) is 4.36. The molecule has 19 heavy (non-hydrogen) atoms. The van der Waals surface area contributed by atoms with Crippen LogP contribution in [0.25, 0.3) is 0 Å². The summed E-state index contributed by atoms with van der Waals surface area (Å²) in [5.74, 6) is 2.05. The molecule has 0 atom stereocenters. The van der Waals surface area contributed by atoms with E-state index in [9.17, 15) is 4.79 Å². The molecule has 2 saturated carbocycles. The minimum Gasteiger partial charge on any atom is -0.362 e. The van der Waals surface area contributed by atoms with Gasteiger partial charge in [-0.1, -0.05) is 0 Å². The molecular formula is C15H23N3O. The van der Waals surface area contributed by atoms with Gasteiger partial charge >= 0.3 is 0 Å². The Balaban J connectivity index is 1.86. The maximum atomic E-state index is 12.5. The van der Waals surface area contributed by atoms with E-state index in [4.69, 9.17) is 0 Å². The van der Waals surface area contributed by atoms with E-state index in [-0.39, 0.29) is 11.1 Å². The number of anilines is 1. The van der Waals surface area contributed by atoms with Crippen molar-refractivity contribution in [3.05, 3.63) is 22.7 Å². The van der Waals surface area contributed by atoms with Gasteiger partial charge in [0.25, 0.3) is 5.56 Å². The number of rotatable bonds is 4. The van der Waals surface area contributed by atoms with Gasteiger partial charge in [0.1, 0.15) is 0 Å². The molecule has 0 saturated heterocycles. The molecule has 1 N–H and O–H groups in total. The number of nitrogens with one attached hydrogen (secondary N) is 1. The summed E-state index contributed by atoms with van der Waals surface area (Å²) < 4.78 is 1.76. The predicted octanol–water partition coefficient (Wildman–Crippen LogP) is 2.60. The maximum Gasteiger partial charge on any atom is 0.293 e. The second-order valence-electron chi connectivity index (χ2n) is 6.97. The van der Waals surface area contributed by atoms with Crippen LogP contribution < -0.4 is 10.9 Å². The van der Waals surface area contributed by atoms with Gasteiger partial charge in [-0.2, -0.15) is 0 Å². The molecule has 1 heterocycles. The Kier molecular flexibility index (Phi) is 2.91. The molecule has 1 aromatic heterocycles. The average Bonchev–Trinajstić information content (AvgIpc) is 3.19. The van der Waals surface area contributed by atoms with Crippen LogP contribution in [-0.4, -0.2) is 15.6 Å². The molecule has 0 bridgehead atoms. The van der Waals surface area contributed by atoms with Gasteiger partial charge in [-0.05, 0) is 58.3 Å². The van der Waals surface area contributed by atoms with E-state index in [0.717, 1.165) is 11.8 Å². The molecule has 2 aliphatic carbocycles. The first-order valence-corrected chi connectivity index (χ1v) is 7.31. The molecule has 0 aromatic carbocycles. The van der Waals surface area contributed by atoms with Gasteiger partial charge in [0.2, 0.25) is 0 Å². The highest BCUT2D eigenvalue weighted by atomic mass is 16.1. The fourth-order valence-corrected chi connectivity index (χ4v) is 2.73. The number of hydrogen-bond acceptors (Lipinski definition) is 3. The quantitative estimate of drug-likeness (QED) is 0.906. The number of aromatic nitrogens is 2. The fourth-order valence-electron chi connectivity index (χ4n) is 2.73. The summed E-state index contributed by atoms with van der Waals surface area (Å²) in [6.45, 7) is 6.12. The number of nitrogens with zero attached hydrogens (tertiary/aromatic N) is 2. The highest BCUT2D eigenvalue weighted by molar-refractivity contribution is 5.34. The average molecular weight is 261 g/mol. The Labute approximate surface area is 114 Å². The molecule has 0 aliphatic heterocycles. The minimum atomic E-state index is -0.203. The third-order valence-corrected chi connectivity index (χ3v) is 4.13. The van der Waals surface area contributed by atoms with E-state index in [1.165, 1.54) is 25.7 Å². The van der Waals surface area contributed by atoms with Crippen LogP contribution in [0.15, 0.2) is 17.2 Å². The molecule has 4 nitrogen and oxygen atoms in total. The fraction of sp³-hybridized carbons (Fsp3) is 0.733. The molecule has 0 amide bonds. The minimum absolute atomic E-state index is 0.00120. The van der Waals surface area contributed by atoms with Crippen molar-refractivity contribution < 1.29 is 0 Å². The Morgan fingerprint density at radius 3 is 2.32 bits per heavy atom. The SMILES string of the molecule is CC(C)(C)n1ccnc(NC(C2CC2)C2CC2)c1=O. The smallest absolute Gasteiger partial charge is 0.293 e. The summed E-state index contributed by atoms with van der Waals surface area (Å²) in [6.07, 6.45) is 8.70. The Morgan fingerprint density at radius 2 is 1.84 bits per heavy atom. The van der Waals surface area contributed by atoms with Gasteiger partial charge in [-0.3, -0.25) is 4.79 Å². The molecule has 104 valence electrons. The standard InChI is InChI=1S/C15H23N3O/c1-15(2,3)18-9-8-16-13(14(18)19)17-12(10-4-5-10)11-6-7-11/h8-12H,4-7H2,1-3H3,(H,16,17). The van der Waals surface area contributed by atoms with Gasteiger partial charge in [-0.25, -0.2) is 4.98 Å². The van der Waals surface area contributed by atoms with Crippen molar-refractivity contribution in [2.75, 3.05) is 5.32 Å². The zero-order chi connectivity index (χ0) is 13.6. The van der Waals surface area contributed by atoms with Gasteiger partial charge in [0.15, 0.2) is 5.82 Å². The summed E-state index contributed by atoms with van der Waals surface area (Å²) in [7, 11) is 0. The molecular weight excluding hydrogens is 238 g/mol. The summed E-state index contributed by atoms with van der Waals surface area (Å²) in [4.78, 5) is 16.7. The van der Waals surface area contributed by atoms with Crippen LogP contribution in [-0.2, 0) is 5.54 Å².